The Hall–Kier alpha value is -5.24. The van der Waals surface area contributed by atoms with E-state index in [0.29, 0.717) is 0 Å². The normalized spacial score (nSPS) is 11.3. The lowest BCUT2D eigenvalue weighted by molar-refractivity contribution is 1.62. The molecule has 8 rings (SSSR count). The Morgan fingerprint density at radius 1 is 0.256 bits per heavy atom. The standard InChI is InChI=1S/C42H28S/c1-4-13-29(14-5-1)39-25-26-40(43-39)34-20-12-19-32(27-34)33-23-24-37-38(28-33)42(31-17-8-3-9-18-31)36-22-11-10-21-35(36)41(37)30-15-6-2-7-16-30/h1-28H. The van der Waals surface area contributed by atoms with Crippen LogP contribution in [0.15, 0.2) is 170 Å². The molecule has 0 N–H and O–H groups in total. The molecule has 0 spiro atoms. The summed E-state index contributed by atoms with van der Waals surface area (Å²) in [6.45, 7) is 0. The Labute approximate surface area is 256 Å². The molecular formula is C42H28S. The monoisotopic (exact) mass is 564 g/mol. The Balaban J connectivity index is 1.33. The molecule has 1 aromatic heterocycles. The third-order valence-corrected chi connectivity index (χ3v) is 9.48. The molecule has 0 aliphatic heterocycles. The van der Waals surface area contributed by atoms with Gasteiger partial charge in [0.15, 0.2) is 0 Å². The van der Waals surface area contributed by atoms with E-state index in [1.165, 1.54) is 75.8 Å². The van der Waals surface area contributed by atoms with Gasteiger partial charge in [-0.3, -0.25) is 0 Å². The summed E-state index contributed by atoms with van der Waals surface area (Å²) in [4.78, 5) is 2.57. The molecule has 8 aromatic rings. The van der Waals surface area contributed by atoms with E-state index in [0.717, 1.165) is 0 Å². The molecule has 0 atom stereocenters. The molecule has 0 nitrogen and oxygen atoms in total. The number of rotatable bonds is 5. The number of hydrogen-bond acceptors (Lipinski definition) is 1. The van der Waals surface area contributed by atoms with E-state index >= 15 is 0 Å². The van der Waals surface area contributed by atoms with E-state index in [2.05, 4.69) is 170 Å². The number of thiophene rings is 1. The summed E-state index contributed by atoms with van der Waals surface area (Å²) < 4.78 is 0. The summed E-state index contributed by atoms with van der Waals surface area (Å²) >= 11 is 1.85. The van der Waals surface area contributed by atoms with Crippen LogP contribution in [0.5, 0.6) is 0 Å². The van der Waals surface area contributed by atoms with Gasteiger partial charge < -0.3 is 0 Å². The highest BCUT2D eigenvalue weighted by Gasteiger charge is 2.17. The fraction of sp³-hybridized carbons (Fsp3) is 0. The Kier molecular flexibility index (Phi) is 6.44. The first kappa shape index (κ1) is 25.5. The van der Waals surface area contributed by atoms with Crippen molar-refractivity contribution in [3.63, 3.8) is 0 Å². The molecule has 0 aliphatic carbocycles. The molecule has 0 amide bonds. The average Bonchev–Trinajstić information content (AvgIpc) is 3.59. The minimum absolute atomic E-state index is 1.22. The fourth-order valence-corrected chi connectivity index (χ4v) is 7.30. The van der Waals surface area contributed by atoms with Crippen LogP contribution in [0, 0.1) is 0 Å². The van der Waals surface area contributed by atoms with Crippen LogP contribution in [0.3, 0.4) is 0 Å². The first-order chi connectivity index (χ1) is 21.3. The minimum atomic E-state index is 1.22. The van der Waals surface area contributed by atoms with Crippen LogP contribution in [0.4, 0.5) is 0 Å². The van der Waals surface area contributed by atoms with Crippen LogP contribution in [0.2, 0.25) is 0 Å². The number of benzene rings is 7. The molecule has 1 heteroatoms. The van der Waals surface area contributed by atoms with Gasteiger partial charge in [-0.2, -0.15) is 0 Å². The average molecular weight is 565 g/mol. The van der Waals surface area contributed by atoms with E-state index < -0.39 is 0 Å². The molecule has 43 heavy (non-hydrogen) atoms. The third kappa shape index (κ3) is 4.65. The SMILES string of the molecule is c1ccc(-c2ccc(-c3cccc(-c4ccc5c(-c6ccccc6)c6ccccc6c(-c6ccccc6)c5c4)c3)s2)cc1. The molecule has 0 unspecified atom stereocenters. The third-order valence-electron chi connectivity index (χ3n) is 8.29. The molecule has 0 fully saturated rings. The lowest BCUT2D eigenvalue weighted by Crippen LogP contribution is -1.91. The molecule has 0 aliphatic rings. The van der Waals surface area contributed by atoms with E-state index in [4.69, 9.17) is 0 Å². The van der Waals surface area contributed by atoms with Gasteiger partial charge in [-0.25, -0.2) is 0 Å². The largest absolute Gasteiger partial charge is 0.135 e. The highest BCUT2D eigenvalue weighted by Crippen LogP contribution is 2.45. The lowest BCUT2D eigenvalue weighted by Gasteiger charge is -2.18. The van der Waals surface area contributed by atoms with Crippen LogP contribution < -0.4 is 0 Å². The van der Waals surface area contributed by atoms with Crippen molar-refractivity contribution in [3.05, 3.63) is 170 Å². The number of fused-ring (bicyclic) bond motifs is 2. The van der Waals surface area contributed by atoms with Gasteiger partial charge in [0.1, 0.15) is 0 Å². The van der Waals surface area contributed by atoms with Gasteiger partial charge in [0.2, 0.25) is 0 Å². The fourth-order valence-electron chi connectivity index (χ4n) is 6.29. The molecule has 7 aromatic carbocycles. The van der Waals surface area contributed by atoms with Crippen LogP contribution in [0.1, 0.15) is 0 Å². The first-order valence-electron chi connectivity index (χ1n) is 14.7. The maximum absolute atomic E-state index is 2.40. The van der Waals surface area contributed by atoms with Crippen molar-refractivity contribution in [1.82, 2.24) is 0 Å². The topological polar surface area (TPSA) is 0 Å². The van der Waals surface area contributed by atoms with Gasteiger partial charge in [0.05, 0.1) is 0 Å². The highest BCUT2D eigenvalue weighted by molar-refractivity contribution is 7.18. The van der Waals surface area contributed by atoms with Crippen LogP contribution in [-0.2, 0) is 0 Å². The van der Waals surface area contributed by atoms with Crippen molar-refractivity contribution in [2.24, 2.45) is 0 Å². The molecule has 0 radical (unpaired) electrons. The zero-order chi connectivity index (χ0) is 28.6. The predicted molar refractivity (Wildman–Crippen MR) is 187 cm³/mol. The van der Waals surface area contributed by atoms with Crippen LogP contribution >= 0.6 is 11.3 Å². The zero-order valence-corrected chi connectivity index (χ0v) is 24.4. The van der Waals surface area contributed by atoms with Gasteiger partial charge in [0, 0.05) is 9.75 Å². The summed E-state index contributed by atoms with van der Waals surface area (Å²) in [5.74, 6) is 0. The van der Waals surface area contributed by atoms with Crippen LogP contribution in [0.25, 0.3) is 75.8 Å². The highest BCUT2D eigenvalue weighted by atomic mass is 32.1. The Bertz CT molecular complexity index is 2210. The van der Waals surface area contributed by atoms with Crippen molar-refractivity contribution in [3.8, 4) is 54.3 Å². The van der Waals surface area contributed by atoms with Gasteiger partial charge in [-0.1, -0.05) is 146 Å². The maximum Gasteiger partial charge on any atom is 0.0349 e. The first-order valence-corrected chi connectivity index (χ1v) is 15.5. The van der Waals surface area contributed by atoms with Gasteiger partial charge in [-0.05, 0) is 90.3 Å². The Morgan fingerprint density at radius 2 is 0.698 bits per heavy atom. The molecule has 1 heterocycles. The van der Waals surface area contributed by atoms with Gasteiger partial charge >= 0.3 is 0 Å². The molecule has 0 saturated heterocycles. The molecule has 0 bridgehead atoms. The maximum atomic E-state index is 2.40. The second kappa shape index (κ2) is 10.9. The molecule has 0 saturated carbocycles. The summed E-state index contributed by atoms with van der Waals surface area (Å²) in [5.41, 5.74) is 10.0. The van der Waals surface area contributed by atoms with Crippen molar-refractivity contribution in [1.29, 1.82) is 0 Å². The summed E-state index contributed by atoms with van der Waals surface area (Å²) in [7, 11) is 0. The van der Waals surface area contributed by atoms with Gasteiger partial charge in [0.25, 0.3) is 0 Å². The predicted octanol–water partition coefficient (Wildman–Crippen LogP) is 12.4. The van der Waals surface area contributed by atoms with E-state index in [-0.39, 0.29) is 0 Å². The lowest BCUT2D eigenvalue weighted by atomic mass is 9.85. The molecule has 202 valence electrons. The summed E-state index contributed by atoms with van der Waals surface area (Å²) in [5, 5.41) is 5.10. The summed E-state index contributed by atoms with van der Waals surface area (Å²) in [6, 6.07) is 61.6. The van der Waals surface area contributed by atoms with E-state index in [1.54, 1.807) is 0 Å². The van der Waals surface area contributed by atoms with E-state index in [9.17, 15) is 0 Å². The van der Waals surface area contributed by atoms with Crippen molar-refractivity contribution < 1.29 is 0 Å². The van der Waals surface area contributed by atoms with E-state index in [1.807, 2.05) is 11.3 Å². The summed E-state index contributed by atoms with van der Waals surface area (Å²) in [6.07, 6.45) is 0. The second-order valence-electron chi connectivity index (χ2n) is 10.9. The van der Waals surface area contributed by atoms with Crippen molar-refractivity contribution >= 4 is 32.9 Å². The van der Waals surface area contributed by atoms with Gasteiger partial charge in [-0.15, -0.1) is 11.3 Å². The molecular weight excluding hydrogens is 537 g/mol. The Morgan fingerprint density at radius 3 is 1.33 bits per heavy atom. The number of hydrogen-bond donors (Lipinski definition) is 0. The zero-order valence-electron chi connectivity index (χ0n) is 23.6. The smallest absolute Gasteiger partial charge is 0.0349 e. The minimum Gasteiger partial charge on any atom is -0.135 e. The second-order valence-corrected chi connectivity index (χ2v) is 12.0. The van der Waals surface area contributed by atoms with Crippen molar-refractivity contribution in [2.75, 3.05) is 0 Å². The van der Waals surface area contributed by atoms with Crippen molar-refractivity contribution in [2.45, 2.75) is 0 Å². The quantitative estimate of drug-likeness (QED) is 0.182. The van der Waals surface area contributed by atoms with Crippen LogP contribution in [-0.4, -0.2) is 0 Å².